The number of guanidine groups is 1. The zero-order valence-corrected chi connectivity index (χ0v) is 15.4. The summed E-state index contributed by atoms with van der Waals surface area (Å²) in [7, 11) is 1.78. The number of benzene rings is 2. The van der Waals surface area contributed by atoms with E-state index in [9.17, 15) is 0 Å². The third kappa shape index (κ3) is 4.57. The van der Waals surface area contributed by atoms with E-state index in [1.54, 1.807) is 7.05 Å². The molecule has 0 saturated carbocycles. The average Bonchev–Trinajstić information content (AvgIpc) is 3.00. The summed E-state index contributed by atoms with van der Waals surface area (Å²) in [6.45, 7) is 4.23. The van der Waals surface area contributed by atoms with Gasteiger partial charge in [-0.2, -0.15) is 0 Å². The molecule has 1 aromatic heterocycles. The van der Waals surface area contributed by atoms with Crippen LogP contribution in [0.2, 0.25) is 0 Å². The van der Waals surface area contributed by atoms with E-state index in [4.69, 9.17) is 4.74 Å². The number of hydrogen-bond donors (Lipinski definition) is 3. The van der Waals surface area contributed by atoms with Crippen molar-refractivity contribution in [2.75, 3.05) is 26.7 Å². The molecule has 0 spiro atoms. The van der Waals surface area contributed by atoms with Crippen molar-refractivity contribution in [2.24, 2.45) is 4.99 Å². The van der Waals surface area contributed by atoms with Crippen LogP contribution in [0.25, 0.3) is 10.9 Å². The lowest BCUT2D eigenvalue weighted by atomic mass is 10.1. The van der Waals surface area contributed by atoms with Crippen molar-refractivity contribution in [3.05, 3.63) is 65.9 Å². The van der Waals surface area contributed by atoms with Crippen LogP contribution in [-0.4, -0.2) is 37.7 Å². The van der Waals surface area contributed by atoms with Crippen molar-refractivity contribution in [2.45, 2.75) is 13.3 Å². The van der Waals surface area contributed by atoms with Gasteiger partial charge in [-0.1, -0.05) is 36.4 Å². The van der Waals surface area contributed by atoms with Gasteiger partial charge >= 0.3 is 0 Å². The van der Waals surface area contributed by atoms with Gasteiger partial charge in [-0.05, 0) is 37.1 Å². The molecule has 5 heteroatoms. The van der Waals surface area contributed by atoms with Crippen LogP contribution in [0, 0.1) is 6.92 Å². The number of nitrogens with zero attached hydrogens (tertiary/aromatic N) is 1. The maximum atomic E-state index is 5.68. The number of rotatable bonds is 7. The van der Waals surface area contributed by atoms with Crippen LogP contribution in [0.1, 0.15) is 11.3 Å². The average molecular weight is 350 g/mol. The number of nitrogens with one attached hydrogen (secondary N) is 3. The van der Waals surface area contributed by atoms with Gasteiger partial charge in [0, 0.05) is 30.2 Å². The van der Waals surface area contributed by atoms with E-state index in [-0.39, 0.29) is 0 Å². The molecule has 26 heavy (non-hydrogen) atoms. The molecule has 0 atom stereocenters. The highest BCUT2D eigenvalue weighted by Gasteiger charge is 2.07. The van der Waals surface area contributed by atoms with E-state index in [1.165, 1.54) is 22.2 Å². The van der Waals surface area contributed by atoms with Crippen molar-refractivity contribution in [1.29, 1.82) is 0 Å². The molecule has 1 heterocycles. The normalized spacial score (nSPS) is 11.5. The third-order valence-electron chi connectivity index (χ3n) is 4.32. The van der Waals surface area contributed by atoms with Crippen LogP contribution in [0.4, 0.5) is 0 Å². The third-order valence-corrected chi connectivity index (χ3v) is 4.32. The first-order chi connectivity index (χ1) is 12.8. The minimum absolute atomic E-state index is 0.590. The predicted molar refractivity (Wildman–Crippen MR) is 108 cm³/mol. The largest absolute Gasteiger partial charge is 0.492 e. The van der Waals surface area contributed by atoms with E-state index in [0.717, 1.165) is 24.7 Å². The summed E-state index contributed by atoms with van der Waals surface area (Å²) >= 11 is 0. The summed E-state index contributed by atoms with van der Waals surface area (Å²) in [4.78, 5) is 7.71. The topological polar surface area (TPSA) is 61.4 Å². The Morgan fingerprint density at radius 3 is 2.54 bits per heavy atom. The molecule has 0 radical (unpaired) electrons. The second-order valence-electron chi connectivity index (χ2n) is 6.11. The number of aryl methyl sites for hydroxylation is 1. The molecule has 0 aliphatic rings. The number of aromatic amines is 1. The molecule has 136 valence electrons. The summed E-state index contributed by atoms with van der Waals surface area (Å²) in [6, 6.07) is 18.3. The lowest BCUT2D eigenvalue weighted by Gasteiger charge is -2.12. The van der Waals surface area contributed by atoms with Crippen molar-refractivity contribution in [3.8, 4) is 5.75 Å². The molecular formula is C21H26N4O. The van der Waals surface area contributed by atoms with Crippen molar-refractivity contribution in [3.63, 3.8) is 0 Å². The zero-order valence-electron chi connectivity index (χ0n) is 15.4. The lowest BCUT2D eigenvalue weighted by molar-refractivity contribution is 0.322. The molecule has 0 saturated heterocycles. The van der Waals surface area contributed by atoms with Gasteiger partial charge in [-0.15, -0.1) is 0 Å². The standard InChI is InChI=1S/C21H26N4O/c1-16-18(19-10-6-7-11-20(19)25-16)12-13-23-21(22-2)24-14-15-26-17-8-4-3-5-9-17/h3-11,25H,12-15H2,1-2H3,(H2,22,23,24). The number of hydrogen-bond acceptors (Lipinski definition) is 2. The molecule has 0 unspecified atom stereocenters. The lowest BCUT2D eigenvalue weighted by Crippen LogP contribution is -2.40. The van der Waals surface area contributed by atoms with Crippen LogP contribution in [0.5, 0.6) is 5.75 Å². The van der Waals surface area contributed by atoms with Gasteiger partial charge in [-0.25, -0.2) is 0 Å². The Morgan fingerprint density at radius 1 is 1.00 bits per heavy atom. The van der Waals surface area contributed by atoms with E-state index in [0.29, 0.717) is 13.2 Å². The first-order valence-electron chi connectivity index (χ1n) is 8.96. The minimum Gasteiger partial charge on any atom is -0.492 e. The van der Waals surface area contributed by atoms with Gasteiger partial charge in [0.25, 0.3) is 0 Å². The fourth-order valence-corrected chi connectivity index (χ4v) is 3.04. The van der Waals surface area contributed by atoms with Gasteiger partial charge < -0.3 is 20.4 Å². The van der Waals surface area contributed by atoms with Crippen molar-refractivity contribution in [1.82, 2.24) is 15.6 Å². The van der Waals surface area contributed by atoms with E-state index < -0.39 is 0 Å². The molecule has 5 nitrogen and oxygen atoms in total. The van der Waals surface area contributed by atoms with Gasteiger partial charge in [0.15, 0.2) is 5.96 Å². The maximum absolute atomic E-state index is 5.68. The van der Waals surface area contributed by atoms with Crippen molar-refractivity contribution < 1.29 is 4.74 Å². The fourth-order valence-electron chi connectivity index (χ4n) is 3.04. The molecule has 3 rings (SSSR count). The molecule has 3 aromatic rings. The molecule has 0 aliphatic heterocycles. The Bertz CT molecular complexity index is 855. The molecule has 0 bridgehead atoms. The molecule has 0 aliphatic carbocycles. The maximum Gasteiger partial charge on any atom is 0.191 e. The summed E-state index contributed by atoms with van der Waals surface area (Å²) < 4.78 is 5.68. The summed E-state index contributed by atoms with van der Waals surface area (Å²) in [5.41, 5.74) is 3.78. The first kappa shape index (κ1) is 17.9. The Labute approximate surface area is 154 Å². The Morgan fingerprint density at radius 2 is 1.73 bits per heavy atom. The number of aromatic nitrogens is 1. The van der Waals surface area contributed by atoms with E-state index in [2.05, 4.69) is 51.8 Å². The molecule has 0 fully saturated rings. The second-order valence-corrected chi connectivity index (χ2v) is 6.11. The van der Waals surface area contributed by atoms with Crippen LogP contribution in [0.15, 0.2) is 59.6 Å². The summed E-state index contributed by atoms with van der Waals surface area (Å²) in [6.07, 6.45) is 0.942. The Kier molecular flexibility index (Phi) is 6.14. The van der Waals surface area contributed by atoms with Crippen LogP contribution >= 0.6 is 0 Å². The molecule has 3 N–H and O–H groups in total. The first-order valence-corrected chi connectivity index (χ1v) is 8.96. The molecule has 2 aromatic carbocycles. The quantitative estimate of drug-likeness (QED) is 0.348. The number of aliphatic imine (C=N–C) groups is 1. The van der Waals surface area contributed by atoms with E-state index >= 15 is 0 Å². The smallest absolute Gasteiger partial charge is 0.191 e. The molecule has 0 amide bonds. The number of ether oxygens (including phenoxy) is 1. The zero-order chi connectivity index (χ0) is 18.2. The van der Waals surface area contributed by atoms with Crippen LogP contribution in [0.3, 0.4) is 0 Å². The predicted octanol–water partition coefficient (Wildman–Crippen LogP) is 3.26. The summed E-state index contributed by atoms with van der Waals surface area (Å²) in [5, 5.41) is 7.94. The van der Waals surface area contributed by atoms with Gasteiger partial charge in [-0.3, -0.25) is 4.99 Å². The highest BCUT2D eigenvalue weighted by molar-refractivity contribution is 5.84. The van der Waals surface area contributed by atoms with Crippen molar-refractivity contribution >= 4 is 16.9 Å². The second kappa shape index (κ2) is 8.94. The van der Waals surface area contributed by atoms with Crippen LogP contribution < -0.4 is 15.4 Å². The fraction of sp³-hybridized carbons (Fsp3) is 0.286. The summed E-state index contributed by atoms with van der Waals surface area (Å²) in [5.74, 6) is 1.67. The van der Waals surface area contributed by atoms with Crippen LogP contribution in [-0.2, 0) is 6.42 Å². The minimum atomic E-state index is 0.590. The Balaban J connectivity index is 1.43. The highest BCUT2D eigenvalue weighted by atomic mass is 16.5. The monoisotopic (exact) mass is 350 g/mol. The van der Waals surface area contributed by atoms with E-state index in [1.807, 2.05) is 30.3 Å². The number of fused-ring (bicyclic) bond motifs is 1. The molecular weight excluding hydrogens is 324 g/mol. The van der Waals surface area contributed by atoms with Gasteiger partial charge in [0.2, 0.25) is 0 Å². The SMILES string of the molecule is CN=C(NCCOc1ccccc1)NCCc1c(C)[nH]c2ccccc12. The highest BCUT2D eigenvalue weighted by Crippen LogP contribution is 2.21. The number of H-pyrrole nitrogens is 1. The van der Waals surface area contributed by atoms with Gasteiger partial charge in [0.05, 0.1) is 6.54 Å². The Hall–Kier alpha value is -2.95. The number of para-hydroxylation sites is 2. The van der Waals surface area contributed by atoms with Gasteiger partial charge in [0.1, 0.15) is 12.4 Å².